The molecule has 88 valence electrons. The van der Waals surface area contributed by atoms with Gasteiger partial charge in [-0.15, -0.1) is 0 Å². The topological polar surface area (TPSA) is 34.9 Å². The molecule has 0 unspecified atom stereocenters. The molecule has 5 heteroatoms. The van der Waals surface area contributed by atoms with Crippen LogP contribution >= 0.6 is 15.9 Å². The molecule has 0 radical (unpaired) electrons. The van der Waals surface area contributed by atoms with Gasteiger partial charge in [-0.25, -0.2) is 4.39 Å². The molecule has 0 aliphatic rings. The Balaban J connectivity index is 2.22. The highest BCUT2D eigenvalue weighted by Crippen LogP contribution is 2.16. The molecule has 17 heavy (non-hydrogen) atoms. The van der Waals surface area contributed by atoms with Gasteiger partial charge >= 0.3 is 0 Å². The molecular weight excluding hydrogens is 287 g/mol. The van der Waals surface area contributed by atoms with Crippen LogP contribution in [0.25, 0.3) is 0 Å². The Hall–Kier alpha value is -1.49. The molecule has 3 nitrogen and oxygen atoms in total. The van der Waals surface area contributed by atoms with Crippen LogP contribution in [0.5, 0.6) is 0 Å². The van der Waals surface area contributed by atoms with Crippen LogP contribution in [0.2, 0.25) is 0 Å². The van der Waals surface area contributed by atoms with E-state index in [1.165, 1.54) is 19.2 Å². The van der Waals surface area contributed by atoms with Crippen LogP contribution in [0.1, 0.15) is 22.8 Å². The van der Waals surface area contributed by atoms with Gasteiger partial charge in [-0.05, 0) is 19.1 Å². The van der Waals surface area contributed by atoms with Crippen molar-refractivity contribution in [1.82, 2.24) is 9.78 Å². The molecule has 1 heterocycles. The molecule has 0 aliphatic heterocycles. The molecular formula is C12H10BrFN2O. The second-order valence-electron chi connectivity index (χ2n) is 3.72. The monoisotopic (exact) mass is 296 g/mol. The molecule has 1 aromatic heterocycles. The smallest absolute Gasteiger partial charge is 0.162 e. The fraction of sp³-hybridized carbons (Fsp3) is 0.167. The van der Waals surface area contributed by atoms with Gasteiger partial charge in [0.1, 0.15) is 5.82 Å². The molecule has 0 spiro atoms. The highest BCUT2D eigenvalue weighted by molar-refractivity contribution is 9.10. The molecule has 0 saturated carbocycles. The zero-order chi connectivity index (χ0) is 12.4. The lowest BCUT2D eigenvalue weighted by molar-refractivity contribution is 0.101. The van der Waals surface area contributed by atoms with Gasteiger partial charge in [0.05, 0.1) is 18.3 Å². The third kappa shape index (κ3) is 2.79. The number of carbonyl (C=O) groups excluding carboxylic acids is 1. The number of aromatic nitrogens is 2. The van der Waals surface area contributed by atoms with Crippen LogP contribution < -0.4 is 0 Å². The quantitative estimate of drug-likeness (QED) is 0.816. The van der Waals surface area contributed by atoms with Crippen LogP contribution in [0.3, 0.4) is 0 Å². The first-order chi connectivity index (χ1) is 8.06. The standard InChI is InChI=1S/C12H10BrFN2O/c1-8(17)10-5-15-16(7-10)6-9-2-3-11(13)4-12(9)14/h2-5,7H,6H2,1H3. The van der Waals surface area contributed by atoms with Crippen molar-refractivity contribution in [1.29, 1.82) is 0 Å². The Bertz CT molecular complexity index is 565. The van der Waals surface area contributed by atoms with Crippen molar-refractivity contribution in [2.24, 2.45) is 0 Å². The van der Waals surface area contributed by atoms with Gasteiger partial charge in [0.25, 0.3) is 0 Å². The molecule has 0 aliphatic carbocycles. The first kappa shape index (κ1) is 12.0. The van der Waals surface area contributed by atoms with Crippen molar-refractivity contribution in [2.45, 2.75) is 13.5 Å². The number of halogens is 2. The molecule has 0 fully saturated rings. The Morgan fingerprint density at radius 3 is 2.88 bits per heavy atom. The maximum atomic E-state index is 13.6. The Labute approximate surface area is 106 Å². The van der Waals surface area contributed by atoms with E-state index in [1.54, 1.807) is 23.0 Å². The largest absolute Gasteiger partial charge is 0.294 e. The van der Waals surface area contributed by atoms with E-state index < -0.39 is 0 Å². The van der Waals surface area contributed by atoms with E-state index in [9.17, 15) is 9.18 Å². The number of nitrogens with zero attached hydrogens (tertiary/aromatic N) is 2. The van der Waals surface area contributed by atoms with Crippen molar-refractivity contribution < 1.29 is 9.18 Å². The van der Waals surface area contributed by atoms with E-state index >= 15 is 0 Å². The Kier molecular flexibility index (Phi) is 3.38. The zero-order valence-corrected chi connectivity index (χ0v) is 10.7. The van der Waals surface area contributed by atoms with Crippen molar-refractivity contribution in [3.8, 4) is 0 Å². The van der Waals surface area contributed by atoms with E-state index in [0.717, 1.165) is 0 Å². The lowest BCUT2D eigenvalue weighted by Gasteiger charge is -2.03. The van der Waals surface area contributed by atoms with Crippen molar-refractivity contribution >= 4 is 21.7 Å². The van der Waals surface area contributed by atoms with Crippen LogP contribution in [-0.4, -0.2) is 15.6 Å². The summed E-state index contributed by atoms with van der Waals surface area (Å²) >= 11 is 3.20. The summed E-state index contributed by atoms with van der Waals surface area (Å²) in [6.45, 7) is 1.79. The van der Waals surface area contributed by atoms with E-state index in [2.05, 4.69) is 21.0 Å². The SMILES string of the molecule is CC(=O)c1cnn(Cc2ccc(Br)cc2F)c1. The average Bonchev–Trinajstić information content (AvgIpc) is 2.71. The second-order valence-corrected chi connectivity index (χ2v) is 4.63. The minimum absolute atomic E-state index is 0.0486. The summed E-state index contributed by atoms with van der Waals surface area (Å²) in [5.74, 6) is -0.341. The molecule has 0 bridgehead atoms. The summed E-state index contributed by atoms with van der Waals surface area (Å²) in [4.78, 5) is 11.1. The molecule has 1 aromatic carbocycles. The van der Waals surface area contributed by atoms with Gasteiger partial charge in [0.15, 0.2) is 5.78 Å². The molecule has 0 atom stereocenters. The predicted octanol–water partition coefficient (Wildman–Crippen LogP) is 3.04. The van der Waals surface area contributed by atoms with Crippen LogP contribution in [-0.2, 0) is 6.54 Å². The zero-order valence-electron chi connectivity index (χ0n) is 9.15. The highest BCUT2D eigenvalue weighted by Gasteiger charge is 2.06. The van der Waals surface area contributed by atoms with Crippen molar-refractivity contribution in [3.05, 3.63) is 52.0 Å². The fourth-order valence-corrected chi connectivity index (χ4v) is 1.79. The molecule has 0 saturated heterocycles. The molecule has 0 amide bonds. The van der Waals surface area contributed by atoms with E-state index in [4.69, 9.17) is 0 Å². The van der Waals surface area contributed by atoms with E-state index in [1.807, 2.05) is 0 Å². The Morgan fingerprint density at radius 2 is 2.29 bits per heavy atom. The van der Waals surface area contributed by atoms with Crippen LogP contribution in [0.4, 0.5) is 4.39 Å². The van der Waals surface area contributed by atoms with Gasteiger partial charge in [-0.3, -0.25) is 9.48 Å². The summed E-state index contributed by atoms with van der Waals surface area (Å²) in [5.41, 5.74) is 1.06. The minimum Gasteiger partial charge on any atom is -0.294 e. The fourth-order valence-electron chi connectivity index (χ4n) is 1.46. The van der Waals surface area contributed by atoms with Gasteiger partial charge in [-0.1, -0.05) is 22.0 Å². The number of hydrogen-bond donors (Lipinski definition) is 0. The number of carbonyl (C=O) groups is 1. The summed E-state index contributed by atoms with van der Waals surface area (Å²) in [6.07, 6.45) is 3.10. The first-order valence-corrected chi connectivity index (χ1v) is 5.83. The number of hydrogen-bond acceptors (Lipinski definition) is 2. The van der Waals surface area contributed by atoms with Gasteiger partial charge in [-0.2, -0.15) is 5.10 Å². The molecule has 0 N–H and O–H groups in total. The van der Waals surface area contributed by atoms with Crippen LogP contribution in [0.15, 0.2) is 35.1 Å². The van der Waals surface area contributed by atoms with Crippen molar-refractivity contribution in [2.75, 3.05) is 0 Å². The van der Waals surface area contributed by atoms with E-state index in [-0.39, 0.29) is 11.6 Å². The van der Waals surface area contributed by atoms with E-state index in [0.29, 0.717) is 22.1 Å². The third-order valence-electron chi connectivity index (χ3n) is 2.39. The number of ketones is 1. The maximum absolute atomic E-state index is 13.6. The number of benzene rings is 1. The summed E-state index contributed by atoms with van der Waals surface area (Å²) in [5, 5.41) is 4.01. The minimum atomic E-state index is -0.292. The predicted molar refractivity (Wildman–Crippen MR) is 65.4 cm³/mol. The molecule has 2 rings (SSSR count). The Morgan fingerprint density at radius 1 is 1.53 bits per heavy atom. The first-order valence-electron chi connectivity index (χ1n) is 5.03. The van der Waals surface area contributed by atoms with Crippen molar-refractivity contribution in [3.63, 3.8) is 0 Å². The van der Waals surface area contributed by atoms with Gasteiger partial charge < -0.3 is 0 Å². The highest BCUT2D eigenvalue weighted by atomic mass is 79.9. The summed E-state index contributed by atoms with van der Waals surface area (Å²) in [6, 6.07) is 4.87. The number of Topliss-reactive ketones (excluding diaryl/α,β-unsaturated/α-hetero) is 1. The normalized spacial score (nSPS) is 10.5. The van der Waals surface area contributed by atoms with Gasteiger partial charge in [0, 0.05) is 16.2 Å². The lowest BCUT2D eigenvalue weighted by Crippen LogP contribution is -2.02. The second kappa shape index (κ2) is 4.79. The third-order valence-corrected chi connectivity index (χ3v) is 2.88. The van der Waals surface area contributed by atoms with Gasteiger partial charge in [0.2, 0.25) is 0 Å². The maximum Gasteiger partial charge on any atom is 0.162 e. The number of rotatable bonds is 3. The lowest BCUT2D eigenvalue weighted by atomic mass is 10.2. The summed E-state index contributed by atoms with van der Waals surface area (Å²) in [7, 11) is 0. The van der Waals surface area contributed by atoms with Crippen LogP contribution in [0, 0.1) is 5.82 Å². The summed E-state index contributed by atoms with van der Waals surface area (Å²) < 4.78 is 15.8. The average molecular weight is 297 g/mol. The molecule has 2 aromatic rings.